The zero-order chi connectivity index (χ0) is 8.43. The Balaban J connectivity index is 2.51. The maximum Gasteiger partial charge on any atom is 0.0929 e. The summed E-state index contributed by atoms with van der Waals surface area (Å²) in [7, 11) is 1.86. The zero-order valence-electron chi connectivity index (χ0n) is 6.64. The lowest BCUT2D eigenvalue weighted by Gasteiger charge is -2.36. The largest absolute Gasteiger partial charge is 0.396 e. The van der Waals surface area contributed by atoms with Crippen molar-refractivity contribution in [1.82, 2.24) is 4.90 Å². The molecule has 1 aliphatic rings. The van der Waals surface area contributed by atoms with Crippen molar-refractivity contribution < 1.29 is 15.3 Å². The van der Waals surface area contributed by atoms with Gasteiger partial charge in [0.05, 0.1) is 12.2 Å². The normalized spacial score (nSPS) is 40.9. The van der Waals surface area contributed by atoms with E-state index in [1.807, 2.05) is 11.9 Å². The first kappa shape index (κ1) is 8.93. The van der Waals surface area contributed by atoms with Crippen molar-refractivity contribution in [2.45, 2.75) is 12.2 Å². The smallest absolute Gasteiger partial charge is 0.0929 e. The number of nitrogens with zero attached hydrogens (tertiary/aromatic N) is 1. The summed E-state index contributed by atoms with van der Waals surface area (Å²) in [6.45, 7) is 1.06. The van der Waals surface area contributed by atoms with Crippen LogP contribution in [0, 0.1) is 5.92 Å². The van der Waals surface area contributed by atoms with Crippen LogP contribution in [0.2, 0.25) is 0 Å². The molecule has 11 heavy (non-hydrogen) atoms. The minimum Gasteiger partial charge on any atom is -0.396 e. The van der Waals surface area contributed by atoms with E-state index >= 15 is 0 Å². The van der Waals surface area contributed by atoms with E-state index in [-0.39, 0.29) is 12.5 Å². The molecule has 0 aromatic rings. The molecule has 1 rings (SSSR count). The van der Waals surface area contributed by atoms with E-state index in [2.05, 4.69) is 0 Å². The molecule has 0 aromatic carbocycles. The van der Waals surface area contributed by atoms with E-state index in [1.165, 1.54) is 0 Å². The number of hydrogen-bond donors (Lipinski definition) is 3. The second-order valence-corrected chi connectivity index (χ2v) is 3.22. The highest BCUT2D eigenvalue weighted by Crippen LogP contribution is 2.15. The van der Waals surface area contributed by atoms with E-state index in [0.29, 0.717) is 13.1 Å². The number of likely N-dealkylation sites (N-methyl/N-ethyl adjacent to an activating group) is 1. The first-order valence-electron chi connectivity index (χ1n) is 3.80. The van der Waals surface area contributed by atoms with Gasteiger partial charge in [0.2, 0.25) is 0 Å². The van der Waals surface area contributed by atoms with Gasteiger partial charge in [0, 0.05) is 25.6 Å². The van der Waals surface area contributed by atoms with Crippen LogP contribution in [0.3, 0.4) is 0 Å². The van der Waals surface area contributed by atoms with Crippen LogP contribution in [0.15, 0.2) is 0 Å². The van der Waals surface area contributed by atoms with E-state index in [0.717, 1.165) is 0 Å². The molecule has 0 unspecified atom stereocenters. The quantitative estimate of drug-likeness (QED) is 0.427. The van der Waals surface area contributed by atoms with E-state index < -0.39 is 12.2 Å². The van der Waals surface area contributed by atoms with E-state index in [1.54, 1.807) is 0 Å². The summed E-state index contributed by atoms with van der Waals surface area (Å²) in [5, 5.41) is 27.4. The van der Waals surface area contributed by atoms with Crippen molar-refractivity contribution in [2.24, 2.45) is 5.92 Å². The summed E-state index contributed by atoms with van der Waals surface area (Å²) in [4.78, 5) is 1.90. The summed E-state index contributed by atoms with van der Waals surface area (Å²) in [6.07, 6.45) is -1.48. The van der Waals surface area contributed by atoms with Crippen molar-refractivity contribution in [2.75, 3.05) is 26.7 Å². The van der Waals surface area contributed by atoms with Gasteiger partial charge in [-0.15, -0.1) is 0 Å². The predicted molar refractivity (Wildman–Crippen MR) is 40.1 cm³/mol. The van der Waals surface area contributed by atoms with E-state index in [9.17, 15) is 10.2 Å². The van der Waals surface area contributed by atoms with Crippen molar-refractivity contribution in [3.8, 4) is 0 Å². The summed E-state index contributed by atoms with van der Waals surface area (Å²) in [5.74, 6) is -0.205. The van der Waals surface area contributed by atoms with Gasteiger partial charge in [-0.05, 0) is 7.05 Å². The van der Waals surface area contributed by atoms with Crippen LogP contribution < -0.4 is 0 Å². The van der Waals surface area contributed by atoms with Crippen LogP contribution >= 0.6 is 0 Å². The zero-order valence-corrected chi connectivity index (χ0v) is 6.64. The third-order valence-corrected chi connectivity index (χ3v) is 2.16. The highest BCUT2D eigenvalue weighted by Gasteiger charge is 2.32. The Morgan fingerprint density at radius 3 is 2.55 bits per heavy atom. The minimum absolute atomic E-state index is 0.0669. The van der Waals surface area contributed by atoms with Crippen LogP contribution in [0.25, 0.3) is 0 Å². The van der Waals surface area contributed by atoms with Gasteiger partial charge in [-0.3, -0.25) is 0 Å². The molecular weight excluding hydrogens is 146 g/mol. The maximum atomic E-state index is 9.32. The Labute approximate surface area is 66.1 Å². The molecule has 0 spiro atoms. The fraction of sp³-hybridized carbons (Fsp3) is 1.00. The SMILES string of the molecule is CN1C[C@H](CO)[C@@H](O)[C@@H](O)C1. The number of piperidine rings is 1. The molecule has 1 saturated heterocycles. The lowest BCUT2D eigenvalue weighted by atomic mass is 9.94. The third kappa shape index (κ3) is 1.90. The Bertz CT molecular complexity index is 131. The van der Waals surface area contributed by atoms with Crippen LogP contribution in [-0.4, -0.2) is 59.2 Å². The number of β-amino-alcohol motifs (C(OH)–C–C–N with tert-alkyl or cyclic N) is 1. The summed E-state index contributed by atoms with van der Waals surface area (Å²) >= 11 is 0. The predicted octanol–water partition coefficient (Wildman–Crippen LogP) is -1.74. The van der Waals surface area contributed by atoms with Gasteiger partial charge >= 0.3 is 0 Å². The van der Waals surface area contributed by atoms with Gasteiger partial charge in [-0.25, -0.2) is 0 Å². The molecule has 0 amide bonds. The Morgan fingerprint density at radius 2 is 2.00 bits per heavy atom. The third-order valence-electron chi connectivity index (χ3n) is 2.16. The Kier molecular flexibility index (Phi) is 2.84. The van der Waals surface area contributed by atoms with Crippen molar-refractivity contribution in [3.05, 3.63) is 0 Å². The van der Waals surface area contributed by atoms with Crippen molar-refractivity contribution >= 4 is 0 Å². The molecule has 3 N–H and O–H groups in total. The fourth-order valence-corrected chi connectivity index (χ4v) is 1.49. The van der Waals surface area contributed by atoms with Crippen molar-refractivity contribution in [3.63, 3.8) is 0 Å². The molecular formula is C7H15NO3. The van der Waals surface area contributed by atoms with E-state index in [4.69, 9.17) is 5.11 Å². The first-order valence-corrected chi connectivity index (χ1v) is 3.80. The van der Waals surface area contributed by atoms with Gasteiger partial charge < -0.3 is 20.2 Å². The summed E-state index contributed by atoms with van der Waals surface area (Å²) in [6, 6.07) is 0. The number of likely N-dealkylation sites (tertiary alicyclic amines) is 1. The number of aliphatic hydroxyl groups excluding tert-OH is 3. The molecule has 1 fully saturated rings. The number of aliphatic hydroxyl groups is 3. The lowest BCUT2D eigenvalue weighted by Crippen LogP contribution is -2.52. The van der Waals surface area contributed by atoms with Crippen LogP contribution in [0.1, 0.15) is 0 Å². The lowest BCUT2D eigenvalue weighted by molar-refractivity contribution is -0.0804. The van der Waals surface area contributed by atoms with Crippen LogP contribution in [-0.2, 0) is 0 Å². The van der Waals surface area contributed by atoms with Crippen molar-refractivity contribution in [1.29, 1.82) is 0 Å². The molecule has 0 saturated carbocycles. The van der Waals surface area contributed by atoms with Crippen LogP contribution in [0.4, 0.5) is 0 Å². The minimum atomic E-state index is -0.767. The van der Waals surface area contributed by atoms with Gasteiger partial charge in [-0.2, -0.15) is 0 Å². The maximum absolute atomic E-state index is 9.32. The molecule has 1 heterocycles. The Hall–Kier alpha value is -0.160. The number of hydrogen-bond acceptors (Lipinski definition) is 4. The molecule has 0 radical (unpaired) electrons. The molecule has 3 atom stereocenters. The first-order chi connectivity index (χ1) is 5.15. The topological polar surface area (TPSA) is 63.9 Å². The highest BCUT2D eigenvalue weighted by molar-refractivity contribution is 4.84. The fourth-order valence-electron chi connectivity index (χ4n) is 1.49. The van der Waals surface area contributed by atoms with Crippen LogP contribution in [0.5, 0.6) is 0 Å². The standard InChI is InChI=1S/C7H15NO3/c1-8-2-5(4-9)7(11)6(10)3-8/h5-7,9-11H,2-4H2,1H3/t5-,6+,7-/m1/s1. The molecule has 0 bridgehead atoms. The van der Waals surface area contributed by atoms with Gasteiger partial charge in [0.15, 0.2) is 0 Å². The molecule has 1 aliphatic heterocycles. The molecule has 4 nitrogen and oxygen atoms in total. The Morgan fingerprint density at radius 1 is 1.36 bits per heavy atom. The molecule has 4 heteroatoms. The summed E-state index contributed by atoms with van der Waals surface area (Å²) in [5.41, 5.74) is 0. The summed E-state index contributed by atoms with van der Waals surface area (Å²) < 4.78 is 0. The van der Waals surface area contributed by atoms with Gasteiger partial charge in [-0.1, -0.05) is 0 Å². The molecule has 66 valence electrons. The molecule has 0 aromatic heterocycles. The van der Waals surface area contributed by atoms with Gasteiger partial charge in [0.1, 0.15) is 0 Å². The molecule has 0 aliphatic carbocycles. The monoisotopic (exact) mass is 161 g/mol. The number of rotatable bonds is 1. The van der Waals surface area contributed by atoms with Gasteiger partial charge in [0.25, 0.3) is 0 Å². The second-order valence-electron chi connectivity index (χ2n) is 3.22. The second kappa shape index (κ2) is 3.49. The average molecular weight is 161 g/mol. The highest BCUT2D eigenvalue weighted by atomic mass is 16.3. The average Bonchev–Trinajstić information content (AvgIpc) is 1.96.